The normalized spacial score (nSPS) is 15.5. The first-order valence-electron chi connectivity index (χ1n) is 9.55. The van der Waals surface area contributed by atoms with E-state index in [2.05, 4.69) is 15.4 Å². The Hall–Kier alpha value is -3.20. The van der Waals surface area contributed by atoms with Crippen molar-refractivity contribution in [2.45, 2.75) is 25.3 Å². The van der Waals surface area contributed by atoms with Crippen molar-refractivity contribution >= 4 is 40.7 Å². The second-order valence-electron chi connectivity index (χ2n) is 6.83. The van der Waals surface area contributed by atoms with Crippen molar-refractivity contribution in [1.82, 2.24) is 10.2 Å². The van der Waals surface area contributed by atoms with Crippen molar-refractivity contribution < 1.29 is 23.9 Å². The minimum Gasteiger partial charge on any atom is -0.468 e. The summed E-state index contributed by atoms with van der Waals surface area (Å²) >= 11 is 1.53. The van der Waals surface area contributed by atoms with Gasteiger partial charge < -0.3 is 20.3 Å². The Morgan fingerprint density at radius 1 is 1.17 bits per heavy atom. The number of esters is 1. The van der Waals surface area contributed by atoms with Gasteiger partial charge in [0.05, 0.1) is 13.5 Å². The molecule has 3 rings (SSSR count). The number of hydrogen-bond acceptors (Lipinski definition) is 6. The van der Waals surface area contributed by atoms with E-state index in [0.717, 1.165) is 11.3 Å². The predicted octanol–water partition coefficient (Wildman–Crippen LogP) is 1.82. The molecule has 2 heterocycles. The number of carbonyl (C=O) groups is 4. The average molecular weight is 429 g/mol. The summed E-state index contributed by atoms with van der Waals surface area (Å²) in [5.74, 6) is -1.25. The molecule has 0 radical (unpaired) electrons. The number of thiophene rings is 1. The van der Waals surface area contributed by atoms with Gasteiger partial charge in [0.15, 0.2) is 0 Å². The van der Waals surface area contributed by atoms with Gasteiger partial charge >= 0.3 is 5.97 Å². The van der Waals surface area contributed by atoms with Crippen LogP contribution in [0.2, 0.25) is 0 Å². The Balaban J connectivity index is 1.56. The fourth-order valence-electron chi connectivity index (χ4n) is 3.26. The number of benzene rings is 1. The molecule has 0 saturated carbocycles. The highest BCUT2D eigenvalue weighted by Gasteiger charge is 2.34. The smallest absolute Gasteiger partial charge is 0.325 e. The molecule has 1 saturated heterocycles. The molecular weight excluding hydrogens is 406 g/mol. The van der Waals surface area contributed by atoms with Crippen LogP contribution in [0.5, 0.6) is 0 Å². The summed E-state index contributed by atoms with van der Waals surface area (Å²) in [6.07, 6.45) is 1.71. The molecule has 2 aromatic rings. The lowest BCUT2D eigenvalue weighted by molar-refractivity contribution is -0.139. The number of carbonyl (C=O) groups excluding carboxylic acids is 4. The van der Waals surface area contributed by atoms with Crippen molar-refractivity contribution in [2.75, 3.05) is 25.5 Å². The molecule has 0 bridgehead atoms. The van der Waals surface area contributed by atoms with E-state index in [1.165, 1.54) is 18.4 Å². The Labute approximate surface area is 178 Å². The van der Waals surface area contributed by atoms with E-state index in [0.29, 0.717) is 30.6 Å². The summed E-state index contributed by atoms with van der Waals surface area (Å²) in [5, 5.41) is 7.19. The molecule has 2 N–H and O–H groups in total. The number of nitrogens with zero attached hydrogens (tertiary/aromatic N) is 1. The van der Waals surface area contributed by atoms with Crippen LogP contribution in [0.25, 0.3) is 0 Å². The van der Waals surface area contributed by atoms with Crippen molar-refractivity contribution in [3.63, 3.8) is 0 Å². The molecule has 9 heteroatoms. The van der Waals surface area contributed by atoms with Gasteiger partial charge in [0.1, 0.15) is 12.6 Å². The van der Waals surface area contributed by atoms with Gasteiger partial charge in [-0.15, -0.1) is 11.3 Å². The van der Waals surface area contributed by atoms with Gasteiger partial charge in [-0.2, -0.15) is 0 Å². The number of ether oxygens (including phenoxy) is 1. The average Bonchev–Trinajstić information content (AvgIpc) is 3.44. The van der Waals surface area contributed by atoms with Crippen LogP contribution in [-0.4, -0.2) is 54.8 Å². The number of amides is 3. The summed E-state index contributed by atoms with van der Waals surface area (Å²) < 4.78 is 4.47. The number of rotatable bonds is 7. The summed E-state index contributed by atoms with van der Waals surface area (Å²) in [6, 6.07) is 9.64. The molecule has 1 atom stereocenters. The standard InChI is InChI=1S/C21H23N3O5S/c1-29-19(26)13-22-20(27)14-6-8-15(9-7-14)23-21(28)17-5-2-10-24(17)18(25)12-16-4-3-11-30-16/h3-4,6-9,11,17H,2,5,10,12-13H2,1H3,(H,22,27)(H,23,28). The second kappa shape index (κ2) is 10.0. The topological polar surface area (TPSA) is 105 Å². The Morgan fingerprint density at radius 2 is 1.93 bits per heavy atom. The zero-order chi connectivity index (χ0) is 21.5. The molecule has 1 aromatic heterocycles. The van der Waals surface area contributed by atoms with Crippen LogP contribution in [-0.2, 0) is 25.5 Å². The summed E-state index contributed by atoms with van der Waals surface area (Å²) in [4.78, 5) is 51.1. The first kappa shape index (κ1) is 21.5. The van der Waals surface area contributed by atoms with Gasteiger partial charge in [-0.3, -0.25) is 19.2 Å². The van der Waals surface area contributed by atoms with Crippen LogP contribution in [0.3, 0.4) is 0 Å². The Kier molecular flexibility index (Phi) is 7.18. The number of hydrogen-bond donors (Lipinski definition) is 2. The van der Waals surface area contributed by atoms with Crippen LogP contribution in [0, 0.1) is 0 Å². The van der Waals surface area contributed by atoms with Crippen LogP contribution in [0.1, 0.15) is 28.1 Å². The highest BCUT2D eigenvalue weighted by atomic mass is 32.1. The fourth-order valence-corrected chi connectivity index (χ4v) is 3.95. The second-order valence-corrected chi connectivity index (χ2v) is 7.86. The van der Waals surface area contributed by atoms with Crippen LogP contribution in [0.4, 0.5) is 5.69 Å². The van der Waals surface area contributed by atoms with Gasteiger partial charge in [0.25, 0.3) is 5.91 Å². The molecule has 3 amide bonds. The molecule has 30 heavy (non-hydrogen) atoms. The molecule has 158 valence electrons. The fraction of sp³-hybridized carbons (Fsp3) is 0.333. The van der Waals surface area contributed by atoms with Crippen molar-refractivity contribution in [1.29, 1.82) is 0 Å². The van der Waals surface area contributed by atoms with E-state index < -0.39 is 17.9 Å². The predicted molar refractivity (Wildman–Crippen MR) is 112 cm³/mol. The number of likely N-dealkylation sites (tertiary alicyclic amines) is 1. The number of nitrogens with one attached hydrogen (secondary N) is 2. The summed E-state index contributed by atoms with van der Waals surface area (Å²) in [7, 11) is 1.24. The molecule has 1 aromatic carbocycles. The van der Waals surface area contributed by atoms with Crippen molar-refractivity contribution in [3.05, 3.63) is 52.2 Å². The van der Waals surface area contributed by atoms with E-state index in [4.69, 9.17) is 0 Å². The summed E-state index contributed by atoms with van der Waals surface area (Å²) in [5.41, 5.74) is 0.882. The highest BCUT2D eigenvalue weighted by molar-refractivity contribution is 7.10. The van der Waals surface area contributed by atoms with Gasteiger partial charge in [-0.25, -0.2) is 0 Å². The number of methoxy groups -OCH3 is 1. The van der Waals surface area contributed by atoms with Gasteiger partial charge in [0, 0.05) is 22.7 Å². The van der Waals surface area contributed by atoms with Crippen molar-refractivity contribution in [2.24, 2.45) is 0 Å². The lowest BCUT2D eigenvalue weighted by atomic mass is 10.1. The van der Waals surface area contributed by atoms with Crippen LogP contribution < -0.4 is 10.6 Å². The van der Waals surface area contributed by atoms with E-state index in [-0.39, 0.29) is 18.4 Å². The van der Waals surface area contributed by atoms with Gasteiger partial charge in [-0.05, 0) is 48.6 Å². The third-order valence-corrected chi connectivity index (χ3v) is 5.69. The quantitative estimate of drug-likeness (QED) is 0.654. The molecule has 0 aliphatic carbocycles. The zero-order valence-electron chi connectivity index (χ0n) is 16.6. The van der Waals surface area contributed by atoms with E-state index in [1.54, 1.807) is 29.2 Å². The van der Waals surface area contributed by atoms with Gasteiger partial charge in [-0.1, -0.05) is 6.07 Å². The lowest BCUT2D eigenvalue weighted by Gasteiger charge is -2.24. The third kappa shape index (κ3) is 5.44. The first-order chi connectivity index (χ1) is 14.5. The van der Waals surface area contributed by atoms with Crippen LogP contribution in [0.15, 0.2) is 41.8 Å². The van der Waals surface area contributed by atoms with Crippen LogP contribution >= 0.6 is 11.3 Å². The maximum Gasteiger partial charge on any atom is 0.325 e. The minimum absolute atomic E-state index is 0.0484. The maximum atomic E-state index is 12.7. The molecule has 1 fully saturated rings. The first-order valence-corrected chi connectivity index (χ1v) is 10.4. The molecule has 1 aliphatic heterocycles. The SMILES string of the molecule is COC(=O)CNC(=O)c1ccc(NC(=O)C2CCCN2C(=O)Cc2cccs2)cc1. The molecule has 1 unspecified atom stereocenters. The van der Waals surface area contributed by atoms with E-state index >= 15 is 0 Å². The lowest BCUT2D eigenvalue weighted by Crippen LogP contribution is -2.43. The third-order valence-electron chi connectivity index (χ3n) is 4.82. The monoisotopic (exact) mass is 429 g/mol. The highest BCUT2D eigenvalue weighted by Crippen LogP contribution is 2.22. The molecule has 1 aliphatic rings. The number of anilines is 1. The molecular formula is C21H23N3O5S. The Bertz CT molecular complexity index is 911. The zero-order valence-corrected chi connectivity index (χ0v) is 17.4. The minimum atomic E-state index is -0.540. The Morgan fingerprint density at radius 3 is 2.60 bits per heavy atom. The van der Waals surface area contributed by atoms with Crippen molar-refractivity contribution in [3.8, 4) is 0 Å². The maximum absolute atomic E-state index is 12.7. The van der Waals surface area contributed by atoms with E-state index in [9.17, 15) is 19.2 Å². The summed E-state index contributed by atoms with van der Waals surface area (Å²) in [6.45, 7) is 0.354. The molecule has 8 nitrogen and oxygen atoms in total. The largest absolute Gasteiger partial charge is 0.468 e. The van der Waals surface area contributed by atoms with E-state index in [1.807, 2.05) is 17.5 Å². The molecule has 0 spiro atoms. The van der Waals surface area contributed by atoms with Gasteiger partial charge in [0.2, 0.25) is 11.8 Å².